The summed E-state index contributed by atoms with van der Waals surface area (Å²) in [7, 11) is 0. The minimum Gasteiger partial charge on any atom is -0.324 e. The number of aromatic nitrogens is 2. The van der Waals surface area contributed by atoms with Gasteiger partial charge in [0.15, 0.2) is 0 Å². The molecular weight excluding hydrogens is 280 g/mol. The van der Waals surface area contributed by atoms with E-state index in [-0.39, 0.29) is 16.7 Å². The molecule has 2 aromatic rings. The van der Waals surface area contributed by atoms with Gasteiger partial charge in [0.05, 0.1) is 10.6 Å². The molecule has 114 valence electrons. The molecule has 4 rings (SSSR count). The molecule has 2 aliphatic rings. The number of fused-ring (bicyclic) bond motifs is 1. The minimum absolute atomic E-state index is 0.0101. The lowest BCUT2D eigenvalue weighted by atomic mass is 9.90. The predicted octanol–water partition coefficient (Wildman–Crippen LogP) is 2.99. The summed E-state index contributed by atoms with van der Waals surface area (Å²) in [6, 6.07) is 6.81. The topological polar surface area (TPSA) is 87.0 Å². The van der Waals surface area contributed by atoms with E-state index in [1.807, 2.05) is 6.07 Å². The zero-order chi connectivity index (χ0) is 15.3. The lowest BCUT2D eigenvalue weighted by Crippen LogP contribution is -2.19. The molecule has 0 bridgehead atoms. The molecule has 6 heteroatoms. The molecule has 1 unspecified atom stereocenters. The maximum atomic E-state index is 11.3. The Labute approximate surface area is 128 Å². The number of benzene rings is 1. The van der Waals surface area contributed by atoms with Crippen molar-refractivity contribution in [2.45, 2.75) is 44.1 Å². The van der Waals surface area contributed by atoms with E-state index in [0.717, 1.165) is 49.1 Å². The predicted molar refractivity (Wildman–Crippen MR) is 82.1 cm³/mol. The van der Waals surface area contributed by atoms with Crippen LogP contribution in [-0.2, 0) is 6.42 Å². The molecule has 1 atom stereocenters. The molecule has 0 aliphatic heterocycles. The van der Waals surface area contributed by atoms with Gasteiger partial charge in [-0.1, -0.05) is 12.1 Å². The van der Waals surface area contributed by atoms with Gasteiger partial charge in [-0.25, -0.2) is 4.68 Å². The number of nitrogens with two attached hydrogens (primary N) is 1. The molecule has 1 heterocycles. The Morgan fingerprint density at radius 3 is 2.77 bits per heavy atom. The first-order valence-electron chi connectivity index (χ1n) is 7.78. The molecule has 1 aromatic carbocycles. The van der Waals surface area contributed by atoms with Gasteiger partial charge in [-0.3, -0.25) is 10.1 Å². The Hall–Kier alpha value is -2.21. The maximum Gasteiger partial charge on any atom is 0.294 e. The van der Waals surface area contributed by atoms with E-state index in [0.29, 0.717) is 11.6 Å². The van der Waals surface area contributed by atoms with Crippen molar-refractivity contribution in [3.05, 3.63) is 51.3 Å². The SMILES string of the molecule is NC1CCCc2c1c(C1CC1)nn2-c1ccccc1[N+](=O)[O-]. The summed E-state index contributed by atoms with van der Waals surface area (Å²) < 4.78 is 1.78. The standard InChI is InChI=1S/C16H18N4O2/c17-11-4-3-7-14-15(11)16(10-8-9-10)18-19(14)12-5-1-2-6-13(12)20(21)22/h1-2,5-6,10-11H,3-4,7-9,17H2. The number of rotatable bonds is 3. The fourth-order valence-corrected chi connectivity index (χ4v) is 3.42. The van der Waals surface area contributed by atoms with E-state index < -0.39 is 0 Å². The van der Waals surface area contributed by atoms with Crippen molar-refractivity contribution in [1.29, 1.82) is 0 Å². The molecule has 2 N–H and O–H groups in total. The molecule has 1 aromatic heterocycles. The van der Waals surface area contributed by atoms with Crippen molar-refractivity contribution in [1.82, 2.24) is 9.78 Å². The van der Waals surface area contributed by atoms with Gasteiger partial charge >= 0.3 is 0 Å². The van der Waals surface area contributed by atoms with Crippen LogP contribution in [-0.4, -0.2) is 14.7 Å². The molecule has 0 radical (unpaired) electrons. The van der Waals surface area contributed by atoms with Gasteiger partial charge in [-0.15, -0.1) is 0 Å². The third-order valence-electron chi connectivity index (χ3n) is 4.62. The normalized spacial score (nSPS) is 20.7. The van der Waals surface area contributed by atoms with Crippen LogP contribution in [0.15, 0.2) is 24.3 Å². The highest BCUT2D eigenvalue weighted by molar-refractivity contribution is 5.54. The number of hydrogen-bond donors (Lipinski definition) is 1. The molecule has 0 spiro atoms. The smallest absolute Gasteiger partial charge is 0.294 e. The van der Waals surface area contributed by atoms with E-state index in [1.165, 1.54) is 6.07 Å². The summed E-state index contributed by atoms with van der Waals surface area (Å²) in [6.07, 6.45) is 5.15. The summed E-state index contributed by atoms with van der Waals surface area (Å²) in [5.74, 6) is 0.488. The third-order valence-corrected chi connectivity index (χ3v) is 4.62. The van der Waals surface area contributed by atoms with Crippen LogP contribution in [0.2, 0.25) is 0 Å². The fourth-order valence-electron chi connectivity index (χ4n) is 3.42. The molecule has 0 amide bonds. The summed E-state index contributed by atoms with van der Waals surface area (Å²) >= 11 is 0. The summed E-state index contributed by atoms with van der Waals surface area (Å²) in [4.78, 5) is 11.0. The van der Waals surface area contributed by atoms with Crippen LogP contribution in [0.4, 0.5) is 5.69 Å². The first kappa shape index (κ1) is 13.5. The zero-order valence-corrected chi connectivity index (χ0v) is 12.2. The zero-order valence-electron chi connectivity index (χ0n) is 12.2. The number of nitrogens with zero attached hydrogens (tertiary/aromatic N) is 3. The Balaban J connectivity index is 1.93. The van der Waals surface area contributed by atoms with Crippen LogP contribution >= 0.6 is 0 Å². The Kier molecular flexibility index (Phi) is 3.00. The number of hydrogen-bond acceptors (Lipinski definition) is 4. The second-order valence-electron chi connectivity index (χ2n) is 6.18. The highest BCUT2D eigenvalue weighted by atomic mass is 16.6. The first-order valence-corrected chi connectivity index (χ1v) is 7.78. The van der Waals surface area contributed by atoms with E-state index in [2.05, 4.69) is 0 Å². The Morgan fingerprint density at radius 2 is 2.05 bits per heavy atom. The first-order chi connectivity index (χ1) is 10.7. The van der Waals surface area contributed by atoms with Crippen LogP contribution in [0.25, 0.3) is 5.69 Å². The van der Waals surface area contributed by atoms with Crippen LogP contribution in [0.5, 0.6) is 0 Å². The van der Waals surface area contributed by atoms with Crippen LogP contribution in [0.1, 0.15) is 54.6 Å². The van der Waals surface area contributed by atoms with Gasteiger partial charge in [0.25, 0.3) is 5.69 Å². The molecule has 0 saturated heterocycles. The van der Waals surface area contributed by atoms with Crippen LogP contribution in [0.3, 0.4) is 0 Å². The highest BCUT2D eigenvalue weighted by Crippen LogP contribution is 2.45. The number of nitro groups is 1. The number of para-hydroxylation sites is 2. The monoisotopic (exact) mass is 298 g/mol. The van der Waals surface area contributed by atoms with Gasteiger partial charge < -0.3 is 5.73 Å². The van der Waals surface area contributed by atoms with Gasteiger partial charge in [0.1, 0.15) is 5.69 Å². The molecule has 1 fully saturated rings. The quantitative estimate of drug-likeness (QED) is 0.697. The van der Waals surface area contributed by atoms with Crippen molar-refractivity contribution in [2.75, 3.05) is 0 Å². The third kappa shape index (κ3) is 2.02. The Morgan fingerprint density at radius 1 is 1.27 bits per heavy atom. The molecule has 2 aliphatic carbocycles. The van der Waals surface area contributed by atoms with Crippen molar-refractivity contribution >= 4 is 5.69 Å². The minimum atomic E-state index is -0.344. The summed E-state index contributed by atoms with van der Waals surface area (Å²) in [6.45, 7) is 0. The molecule has 6 nitrogen and oxygen atoms in total. The Bertz CT molecular complexity index is 749. The summed E-state index contributed by atoms with van der Waals surface area (Å²) in [5, 5.41) is 16.1. The fraction of sp³-hybridized carbons (Fsp3) is 0.438. The van der Waals surface area contributed by atoms with E-state index in [4.69, 9.17) is 10.8 Å². The lowest BCUT2D eigenvalue weighted by Gasteiger charge is -2.20. The van der Waals surface area contributed by atoms with Crippen molar-refractivity contribution in [2.24, 2.45) is 5.73 Å². The average molecular weight is 298 g/mol. The van der Waals surface area contributed by atoms with Gasteiger partial charge in [-0.05, 0) is 38.2 Å². The van der Waals surface area contributed by atoms with E-state index in [9.17, 15) is 10.1 Å². The molecule has 22 heavy (non-hydrogen) atoms. The lowest BCUT2D eigenvalue weighted by molar-refractivity contribution is -0.384. The summed E-state index contributed by atoms with van der Waals surface area (Å²) in [5.41, 5.74) is 10.2. The van der Waals surface area contributed by atoms with Gasteiger partial charge in [-0.2, -0.15) is 5.10 Å². The van der Waals surface area contributed by atoms with Crippen molar-refractivity contribution in [3.63, 3.8) is 0 Å². The van der Waals surface area contributed by atoms with Gasteiger partial charge in [0.2, 0.25) is 0 Å². The van der Waals surface area contributed by atoms with Crippen LogP contribution < -0.4 is 5.73 Å². The maximum absolute atomic E-state index is 11.3. The molecule has 1 saturated carbocycles. The van der Waals surface area contributed by atoms with E-state index >= 15 is 0 Å². The molecular formula is C16H18N4O2. The van der Waals surface area contributed by atoms with Crippen molar-refractivity contribution < 1.29 is 4.92 Å². The number of nitro benzene ring substituents is 1. The van der Waals surface area contributed by atoms with Gasteiger partial charge in [0, 0.05) is 29.3 Å². The average Bonchev–Trinajstić information content (AvgIpc) is 3.28. The van der Waals surface area contributed by atoms with Crippen LogP contribution in [0, 0.1) is 10.1 Å². The van der Waals surface area contributed by atoms with Crippen molar-refractivity contribution in [3.8, 4) is 5.69 Å². The second-order valence-corrected chi connectivity index (χ2v) is 6.18. The largest absolute Gasteiger partial charge is 0.324 e. The second kappa shape index (κ2) is 4.91. The highest BCUT2D eigenvalue weighted by Gasteiger charge is 2.36. The van der Waals surface area contributed by atoms with E-state index in [1.54, 1.807) is 16.8 Å².